The summed E-state index contributed by atoms with van der Waals surface area (Å²) in [7, 11) is 0. The highest BCUT2D eigenvalue weighted by Crippen LogP contribution is 2.16. The predicted octanol–water partition coefficient (Wildman–Crippen LogP) is 2.71. The average Bonchev–Trinajstić information content (AvgIpc) is 2.35. The second-order valence-corrected chi connectivity index (χ2v) is 4.34. The molecule has 0 saturated heterocycles. The third kappa shape index (κ3) is 2.69. The molecule has 0 radical (unpaired) electrons. The van der Waals surface area contributed by atoms with Crippen LogP contribution in [0.2, 0.25) is 0 Å². The first-order chi connectivity index (χ1) is 8.56. The van der Waals surface area contributed by atoms with Gasteiger partial charge < -0.3 is 10.8 Å². The van der Waals surface area contributed by atoms with Gasteiger partial charge in [0.2, 0.25) is 0 Å². The lowest BCUT2D eigenvalue weighted by molar-refractivity contribution is 0.0993. The van der Waals surface area contributed by atoms with Crippen molar-refractivity contribution in [1.82, 2.24) is 0 Å². The second-order valence-electron chi connectivity index (χ2n) is 4.34. The van der Waals surface area contributed by atoms with E-state index >= 15 is 0 Å². The Morgan fingerprint density at radius 1 is 1.17 bits per heavy atom. The summed E-state index contributed by atoms with van der Waals surface area (Å²) in [5, 5.41) is 9.17. The van der Waals surface area contributed by atoms with Gasteiger partial charge in [-0.05, 0) is 36.2 Å². The summed E-state index contributed by atoms with van der Waals surface area (Å²) in [5.41, 5.74) is 8.88. The van der Waals surface area contributed by atoms with Crippen LogP contribution >= 0.6 is 0 Å². The van der Waals surface area contributed by atoms with E-state index in [1.54, 1.807) is 36.4 Å². The Bertz CT molecular complexity index is 574. The van der Waals surface area contributed by atoms with Crippen molar-refractivity contribution in [2.75, 3.05) is 5.73 Å². The number of aryl methyl sites for hydroxylation is 1. The van der Waals surface area contributed by atoms with E-state index in [2.05, 4.69) is 0 Å². The van der Waals surface area contributed by atoms with Gasteiger partial charge in [-0.15, -0.1) is 0 Å². The zero-order chi connectivity index (χ0) is 13.1. The Balaban J connectivity index is 2.16. The topological polar surface area (TPSA) is 63.3 Å². The quantitative estimate of drug-likeness (QED) is 0.641. The summed E-state index contributed by atoms with van der Waals surface area (Å²) in [5.74, 6) is 0.221. The van der Waals surface area contributed by atoms with Crippen LogP contribution in [0.25, 0.3) is 0 Å². The molecule has 0 heterocycles. The van der Waals surface area contributed by atoms with Crippen LogP contribution in [0.15, 0.2) is 42.5 Å². The van der Waals surface area contributed by atoms with Gasteiger partial charge in [-0.3, -0.25) is 4.79 Å². The minimum Gasteiger partial charge on any atom is -0.508 e. The number of aromatic hydroxyl groups is 1. The normalized spacial score (nSPS) is 10.3. The summed E-state index contributed by atoms with van der Waals surface area (Å²) in [6, 6.07) is 12.0. The van der Waals surface area contributed by atoms with E-state index in [0.29, 0.717) is 17.7 Å². The Hall–Kier alpha value is -2.29. The van der Waals surface area contributed by atoms with Gasteiger partial charge >= 0.3 is 0 Å². The molecule has 18 heavy (non-hydrogen) atoms. The van der Waals surface area contributed by atoms with Crippen molar-refractivity contribution < 1.29 is 9.90 Å². The summed E-state index contributed by atoms with van der Waals surface area (Å²) in [4.78, 5) is 12.0. The summed E-state index contributed by atoms with van der Waals surface area (Å²) < 4.78 is 0. The first-order valence-electron chi connectivity index (χ1n) is 5.73. The molecule has 0 unspecified atom stereocenters. The van der Waals surface area contributed by atoms with Crippen LogP contribution in [0.1, 0.15) is 21.5 Å². The Morgan fingerprint density at radius 2 is 1.83 bits per heavy atom. The third-order valence-electron chi connectivity index (χ3n) is 2.90. The molecule has 0 fully saturated rings. The molecule has 0 bridgehead atoms. The lowest BCUT2D eigenvalue weighted by Crippen LogP contribution is -2.04. The number of hydrogen-bond acceptors (Lipinski definition) is 3. The monoisotopic (exact) mass is 241 g/mol. The Morgan fingerprint density at radius 3 is 2.44 bits per heavy atom. The van der Waals surface area contributed by atoms with Crippen molar-refractivity contribution in [2.45, 2.75) is 13.3 Å². The number of phenolic OH excluding ortho intramolecular Hbond substituents is 1. The number of nitrogens with two attached hydrogens (primary N) is 1. The molecule has 2 aromatic rings. The van der Waals surface area contributed by atoms with Crippen molar-refractivity contribution in [2.24, 2.45) is 0 Å². The number of hydrogen-bond donors (Lipinski definition) is 2. The Labute approximate surface area is 106 Å². The van der Waals surface area contributed by atoms with Crippen molar-refractivity contribution in [3.05, 3.63) is 59.2 Å². The van der Waals surface area contributed by atoms with Crippen LogP contribution in [0.3, 0.4) is 0 Å². The zero-order valence-corrected chi connectivity index (χ0v) is 10.2. The van der Waals surface area contributed by atoms with Gasteiger partial charge in [0.1, 0.15) is 5.75 Å². The van der Waals surface area contributed by atoms with Gasteiger partial charge in [0, 0.05) is 17.7 Å². The van der Waals surface area contributed by atoms with E-state index in [9.17, 15) is 9.90 Å². The summed E-state index contributed by atoms with van der Waals surface area (Å²) in [6.07, 6.45) is 0.308. The maximum atomic E-state index is 12.0. The third-order valence-corrected chi connectivity index (χ3v) is 2.90. The van der Waals surface area contributed by atoms with E-state index in [1.807, 2.05) is 13.0 Å². The molecule has 3 N–H and O–H groups in total. The van der Waals surface area contributed by atoms with Gasteiger partial charge in [-0.25, -0.2) is 0 Å². The lowest BCUT2D eigenvalue weighted by atomic mass is 10.0. The van der Waals surface area contributed by atoms with Crippen LogP contribution in [0, 0.1) is 6.92 Å². The molecule has 0 aliphatic heterocycles. The predicted molar refractivity (Wildman–Crippen MR) is 71.7 cm³/mol. The largest absolute Gasteiger partial charge is 0.508 e. The maximum Gasteiger partial charge on any atom is 0.167 e. The summed E-state index contributed by atoms with van der Waals surface area (Å²) in [6.45, 7) is 1.91. The highest BCUT2D eigenvalue weighted by Gasteiger charge is 2.08. The number of anilines is 1. The van der Waals surface area contributed by atoms with E-state index in [4.69, 9.17) is 5.73 Å². The molecule has 3 heteroatoms. The number of benzene rings is 2. The van der Waals surface area contributed by atoms with Gasteiger partial charge in [0.15, 0.2) is 5.78 Å². The molecule has 0 saturated carbocycles. The molecule has 0 aliphatic rings. The fourth-order valence-electron chi connectivity index (χ4n) is 1.72. The lowest BCUT2D eigenvalue weighted by Gasteiger charge is -2.05. The smallest absolute Gasteiger partial charge is 0.167 e. The molecule has 0 amide bonds. The van der Waals surface area contributed by atoms with Gasteiger partial charge in [0.05, 0.1) is 0 Å². The molecular weight excluding hydrogens is 226 g/mol. The maximum absolute atomic E-state index is 12.0. The summed E-state index contributed by atoms with van der Waals surface area (Å²) >= 11 is 0. The molecule has 92 valence electrons. The molecule has 0 aliphatic carbocycles. The van der Waals surface area contributed by atoms with Crippen LogP contribution in [-0.4, -0.2) is 10.9 Å². The molecule has 0 aromatic heterocycles. The number of phenols is 1. The first kappa shape index (κ1) is 12.2. The van der Waals surface area contributed by atoms with Crippen LogP contribution in [0.4, 0.5) is 5.69 Å². The van der Waals surface area contributed by atoms with E-state index in [1.165, 1.54) is 0 Å². The number of carbonyl (C=O) groups is 1. The molecule has 2 aromatic carbocycles. The van der Waals surface area contributed by atoms with E-state index < -0.39 is 0 Å². The molecule has 0 spiro atoms. The van der Waals surface area contributed by atoms with Crippen LogP contribution in [0.5, 0.6) is 5.75 Å². The zero-order valence-electron chi connectivity index (χ0n) is 10.2. The fourth-order valence-corrected chi connectivity index (χ4v) is 1.72. The standard InChI is InChI=1S/C15H15NO2/c1-10-2-5-12(9-14(10)16)15(18)8-11-3-6-13(17)7-4-11/h2-7,9,17H,8,16H2,1H3. The van der Waals surface area contributed by atoms with Crippen molar-refractivity contribution in [1.29, 1.82) is 0 Å². The van der Waals surface area contributed by atoms with Crippen LogP contribution in [-0.2, 0) is 6.42 Å². The van der Waals surface area contributed by atoms with E-state index in [0.717, 1.165) is 11.1 Å². The average molecular weight is 241 g/mol. The van der Waals surface area contributed by atoms with E-state index in [-0.39, 0.29) is 11.5 Å². The molecular formula is C15H15NO2. The van der Waals surface area contributed by atoms with Gasteiger partial charge in [-0.1, -0.05) is 24.3 Å². The van der Waals surface area contributed by atoms with Crippen molar-refractivity contribution in [3.8, 4) is 5.75 Å². The van der Waals surface area contributed by atoms with Crippen molar-refractivity contribution in [3.63, 3.8) is 0 Å². The number of ketones is 1. The minimum absolute atomic E-state index is 0.0207. The Kier molecular flexibility index (Phi) is 3.33. The van der Waals surface area contributed by atoms with Crippen molar-refractivity contribution >= 4 is 11.5 Å². The fraction of sp³-hybridized carbons (Fsp3) is 0.133. The van der Waals surface area contributed by atoms with Gasteiger partial charge in [-0.2, -0.15) is 0 Å². The second kappa shape index (κ2) is 4.92. The number of nitrogen functional groups attached to an aromatic ring is 1. The number of Topliss-reactive ketones (excluding diaryl/α,β-unsaturated/α-hetero) is 1. The number of rotatable bonds is 3. The highest BCUT2D eigenvalue weighted by atomic mass is 16.3. The molecule has 0 atom stereocenters. The first-order valence-corrected chi connectivity index (χ1v) is 5.73. The van der Waals surface area contributed by atoms with Crippen LogP contribution < -0.4 is 5.73 Å². The van der Waals surface area contributed by atoms with Gasteiger partial charge in [0.25, 0.3) is 0 Å². The molecule has 2 rings (SSSR count). The molecule has 3 nitrogen and oxygen atoms in total. The highest BCUT2D eigenvalue weighted by molar-refractivity contribution is 5.98. The SMILES string of the molecule is Cc1ccc(C(=O)Cc2ccc(O)cc2)cc1N. The minimum atomic E-state index is 0.0207. The number of carbonyl (C=O) groups excluding carboxylic acids is 1.